The summed E-state index contributed by atoms with van der Waals surface area (Å²) < 4.78 is 10.2. The lowest BCUT2D eigenvalue weighted by Crippen LogP contribution is -2.44. The molecule has 2 N–H and O–H groups in total. The quantitative estimate of drug-likeness (QED) is 0.283. The van der Waals surface area contributed by atoms with E-state index >= 15 is 0 Å². The van der Waals surface area contributed by atoms with Gasteiger partial charge in [-0.15, -0.1) is 0 Å². The van der Waals surface area contributed by atoms with Gasteiger partial charge in [0.25, 0.3) is 0 Å². The van der Waals surface area contributed by atoms with Crippen molar-refractivity contribution in [3.63, 3.8) is 0 Å². The normalized spacial score (nSPS) is 15.8. The molecule has 0 atom stereocenters. The molecule has 6 rings (SSSR count). The lowest BCUT2D eigenvalue weighted by molar-refractivity contribution is -0.120. The van der Waals surface area contributed by atoms with Crippen molar-refractivity contribution in [2.45, 2.75) is 6.42 Å². The molecule has 1 aromatic heterocycles. The van der Waals surface area contributed by atoms with E-state index in [0.717, 1.165) is 47.4 Å². The Morgan fingerprint density at radius 3 is 2.58 bits per heavy atom. The zero-order chi connectivity index (χ0) is 27.6. The van der Waals surface area contributed by atoms with Gasteiger partial charge in [-0.2, -0.15) is 0 Å². The summed E-state index contributed by atoms with van der Waals surface area (Å²) in [4.78, 5) is 37.1. The van der Waals surface area contributed by atoms with Gasteiger partial charge in [-0.3, -0.25) is 9.69 Å². The molecule has 40 heavy (non-hydrogen) atoms. The highest BCUT2D eigenvalue weighted by Gasteiger charge is 2.27. The number of esters is 1. The molecule has 3 aromatic carbocycles. The Morgan fingerprint density at radius 2 is 1.80 bits per heavy atom. The molecule has 0 saturated carbocycles. The maximum absolute atomic E-state index is 13.1. The summed E-state index contributed by atoms with van der Waals surface area (Å²) in [6.45, 7) is 3.89. The Labute approximate surface area is 231 Å². The third-order valence-electron chi connectivity index (χ3n) is 7.45. The number of aromatic amines is 1. The topological polar surface area (TPSA) is 107 Å². The number of carbonyl (C=O) groups is 2. The fraction of sp³-hybridized carbons (Fsp3) is 0.258. The minimum absolute atomic E-state index is 0.0411. The molecule has 1 saturated heterocycles. The van der Waals surface area contributed by atoms with Crippen LogP contribution in [0.5, 0.6) is 5.88 Å². The van der Waals surface area contributed by atoms with Crippen LogP contribution in [0.15, 0.2) is 71.7 Å². The van der Waals surface area contributed by atoms with Crippen LogP contribution in [0.3, 0.4) is 0 Å². The second-order valence-electron chi connectivity index (χ2n) is 9.92. The number of anilines is 1. The van der Waals surface area contributed by atoms with Gasteiger partial charge in [0.05, 0.1) is 49.4 Å². The van der Waals surface area contributed by atoms with Gasteiger partial charge in [-0.25, -0.2) is 9.79 Å². The molecule has 9 heteroatoms. The number of hydrogen-bond donors (Lipinski definition) is 2. The number of aromatic nitrogens is 1. The SMILES string of the molecule is COC(=O)c1ccc2c(C(=Nc3ccc4c(c3)CCN4C(=O)CN3CCOCC3)c3ccccc3)c(O)[nH]c2c1. The third-order valence-corrected chi connectivity index (χ3v) is 7.45. The molecule has 4 aromatic rings. The van der Waals surface area contributed by atoms with E-state index in [0.29, 0.717) is 48.7 Å². The van der Waals surface area contributed by atoms with Crippen molar-refractivity contribution in [3.8, 4) is 5.88 Å². The maximum Gasteiger partial charge on any atom is 0.337 e. The molecule has 0 bridgehead atoms. The largest absolute Gasteiger partial charge is 0.494 e. The first-order valence-electron chi connectivity index (χ1n) is 13.3. The van der Waals surface area contributed by atoms with Gasteiger partial charge in [0.15, 0.2) is 5.88 Å². The number of aromatic hydroxyl groups is 1. The van der Waals surface area contributed by atoms with Crippen LogP contribution in [-0.4, -0.2) is 79.1 Å². The number of aliphatic imine (C=N–C) groups is 1. The van der Waals surface area contributed by atoms with Gasteiger partial charge < -0.3 is 24.5 Å². The Kier molecular flexibility index (Phi) is 7.06. The zero-order valence-corrected chi connectivity index (χ0v) is 22.2. The monoisotopic (exact) mass is 538 g/mol. The first-order chi connectivity index (χ1) is 19.5. The second-order valence-corrected chi connectivity index (χ2v) is 9.92. The molecule has 3 heterocycles. The fourth-order valence-corrected chi connectivity index (χ4v) is 5.41. The molecule has 0 unspecified atom stereocenters. The van der Waals surface area contributed by atoms with Crippen LogP contribution in [0.2, 0.25) is 0 Å². The van der Waals surface area contributed by atoms with E-state index in [1.165, 1.54) is 7.11 Å². The Hall–Kier alpha value is -4.47. The number of fused-ring (bicyclic) bond motifs is 2. The highest BCUT2D eigenvalue weighted by atomic mass is 16.5. The molecular formula is C31H30N4O5. The number of amides is 1. The molecule has 2 aliphatic rings. The van der Waals surface area contributed by atoms with E-state index in [1.807, 2.05) is 53.4 Å². The van der Waals surface area contributed by atoms with Crippen molar-refractivity contribution in [1.82, 2.24) is 9.88 Å². The summed E-state index contributed by atoms with van der Waals surface area (Å²) in [5, 5.41) is 11.7. The average molecular weight is 539 g/mol. The summed E-state index contributed by atoms with van der Waals surface area (Å²) in [5.74, 6) is -0.400. The molecular weight excluding hydrogens is 508 g/mol. The summed E-state index contributed by atoms with van der Waals surface area (Å²) in [7, 11) is 1.33. The number of ether oxygens (including phenoxy) is 2. The van der Waals surface area contributed by atoms with Crippen LogP contribution in [-0.2, 0) is 20.7 Å². The number of methoxy groups -OCH3 is 1. The molecule has 0 spiro atoms. The lowest BCUT2D eigenvalue weighted by Gasteiger charge is -2.28. The first kappa shape index (κ1) is 25.8. The molecule has 1 fully saturated rings. The number of nitrogens with one attached hydrogen (secondary N) is 1. The van der Waals surface area contributed by atoms with Gasteiger partial charge in [0.2, 0.25) is 5.91 Å². The number of hydrogen-bond acceptors (Lipinski definition) is 7. The number of carbonyl (C=O) groups excluding carboxylic acids is 2. The zero-order valence-electron chi connectivity index (χ0n) is 22.2. The van der Waals surface area contributed by atoms with E-state index in [9.17, 15) is 14.7 Å². The predicted molar refractivity (Wildman–Crippen MR) is 153 cm³/mol. The molecule has 0 aliphatic carbocycles. The summed E-state index contributed by atoms with van der Waals surface area (Å²) in [5.41, 5.74) is 5.65. The standard InChI is InChI=1S/C31H30N4O5/c1-39-31(38)22-7-9-24-25(18-22)33-30(37)28(24)29(20-5-3-2-4-6-20)32-23-8-10-26-21(17-23)11-12-35(26)27(36)19-34-13-15-40-16-14-34/h2-10,17-18,33,37H,11-16,19H2,1H3. The highest BCUT2D eigenvalue weighted by molar-refractivity contribution is 6.22. The van der Waals surface area contributed by atoms with Crippen LogP contribution < -0.4 is 4.90 Å². The van der Waals surface area contributed by atoms with Gasteiger partial charge >= 0.3 is 5.97 Å². The summed E-state index contributed by atoms with van der Waals surface area (Å²) >= 11 is 0. The van der Waals surface area contributed by atoms with Gasteiger partial charge in [0.1, 0.15) is 0 Å². The van der Waals surface area contributed by atoms with E-state index in [-0.39, 0.29) is 11.8 Å². The van der Waals surface area contributed by atoms with Crippen molar-refractivity contribution in [1.29, 1.82) is 0 Å². The van der Waals surface area contributed by atoms with Crippen molar-refractivity contribution in [2.75, 3.05) is 51.4 Å². The smallest absolute Gasteiger partial charge is 0.337 e. The van der Waals surface area contributed by atoms with Crippen LogP contribution in [0, 0.1) is 0 Å². The lowest BCUT2D eigenvalue weighted by atomic mass is 10.00. The molecule has 2 aliphatic heterocycles. The van der Waals surface area contributed by atoms with Gasteiger partial charge in [0, 0.05) is 41.8 Å². The minimum Gasteiger partial charge on any atom is -0.494 e. The van der Waals surface area contributed by atoms with Crippen LogP contribution >= 0.6 is 0 Å². The van der Waals surface area contributed by atoms with Crippen LogP contribution in [0.4, 0.5) is 11.4 Å². The minimum atomic E-state index is -0.454. The van der Waals surface area contributed by atoms with Crippen LogP contribution in [0.25, 0.3) is 10.9 Å². The van der Waals surface area contributed by atoms with E-state index in [4.69, 9.17) is 14.5 Å². The van der Waals surface area contributed by atoms with Crippen molar-refractivity contribution in [2.24, 2.45) is 4.99 Å². The Bertz CT molecular complexity index is 1610. The average Bonchev–Trinajstić information content (AvgIpc) is 3.56. The van der Waals surface area contributed by atoms with Crippen molar-refractivity contribution in [3.05, 3.63) is 89.0 Å². The predicted octanol–water partition coefficient (Wildman–Crippen LogP) is 4.05. The highest BCUT2D eigenvalue weighted by Crippen LogP contribution is 2.35. The van der Waals surface area contributed by atoms with Crippen molar-refractivity contribution < 1.29 is 24.2 Å². The first-order valence-corrected chi connectivity index (χ1v) is 13.3. The van der Waals surface area contributed by atoms with E-state index in [2.05, 4.69) is 9.88 Å². The number of H-pyrrole nitrogens is 1. The van der Waals surface area contributed by atoms with Crippen molar-refractivity contribution >= 4 is 39.9 Å². The molecule has 1 amide bonds. The molecule has 0 radical (unpaired) electrons. The van der Waals surface area contributed by atoms with Crippen LogP contribution in [0.1, 0.15) is 27.0 Å². The van der Waals surface area contributed by atoms with E-state index < -0.39 is 5.97 Å². The third kappa shape index (κ3) is 4.97. The number of morpholine rings is 1. The Morgan fingerprint density at radius 1 is 1.00 bits per heavy atom. The maximum atomic E-state index is 13.1. The fourth-order valence-electron chi connectivity index (χ4n) is 5.41. The molecule has 9 nitrogen and oxygen atoms in total. The van der Waals surface area contributed by atoms with Gasteiger partial charge in [-0.1, -0.05) is 36.4 Å². The number of benzene rings is 3. The number of rotatable bonds is 6. The van der Waals surface area contributed by atoms with E-state index in [1.54, 1.807) is 18.2 Å². The Balaban J connectivity index is 1.36. The second kappa shape index (κ2) is 11.0. The number of nitrogens with zero attached hydrogens (tertiary/aromatic N) is 3. The summed E-state index contributed by atoms with van der Waals surface area (Å²) in [6.07, 6.45) is 0.753. The van der Waals surface area contributed by atoms with Gasteiger partial charge in [-0.05, 0) is 42.3 Å². The molecule has 204 valence electrons. The summed E-state index contributed by atoms with van der Waals surface area (Å²) in [6, 6.07) is 20.7.